The Bertz CT molecular complexity index is 609. The number of aliphatic hydroxyl groups excluding tert-OH is 1. The predicted molar refractivity (Wildman–Crippen MR) is 90.4 cm³/mol. The number of nitrogens with one attached hydrogen (secondary N) is 1. The SMILES string of the molecule is OCCCNc1nc(N2CCCCCC2)c2ccccc2n1. The molecule has 1 aliphatic rings. The van der Waals surface area contributed by atoms with E-state index in [2.05, 4.69) is 21.3 Å². The van der Waals surface area contributed by atoms with Gasteiger partial charge in [0.25, 0.3) is 0 Å². The second-order valence-corrected chi connectivity index (χ2v) is 5.79. The number of aromatic nitrogens is 2. The van der Waals surface area contributed by atoms with Gasteiger partial charge in [0, 0.05) is 31.6 Å². The molecule has 118 valence electrons. The molecule has 0 aliphatic carbocycles. The predicted octanol–water partition coefficient (Wildman–Crippen LogP) is 2.80. The van der Waals surface area contributed by atoms with Crippen LogP contribution in [0.3, 0.4) is 0 Å². The van der Waals surface area contributed by atoms with Gasteiger partial charge in [0.1, 0.15) is 5.82 Å². The van der Waals surface area contributed by atoms with Crippen LogP contribution in [0.5, 0.6) is 0 Å². The molecule has 1 aromatic carbocycles. The molecule has 2 aromatic rings. The van der Waals surface area contributed by atoms with Crippen molar-refractivity contribution < 1.29 is 5.11 Å². The largest absolute Gasteiger partial charge is 0.396 e. The molecule has 1 fully saturated rings. The number of hydrogen-bond donors (Lipinski definition) is 2. The molecular weight excluding hydrogens is 276 g/mol. The molecular formula is C17H24N4O. The Labute approximate surface area is 131 Å². The van der Waals surface area contributed by atoms with Gasteiger partial charge >= 0.3 is 0 Å². The molecule has 5 heteroatoms. The lowest BCUT2D eigenvalue weighted by atomic mass is 10.2. The Balaban J connectivity index is 1.94. The van der Waals surface area contributed by atoms with Crippen LogP contribution < -0.4 is 10.2 Å². The first kappa shape index (κ1) is 15.0. The Morgan fingerprint density at radius 2 is 1.82 bits per heavy atom. The Kier molecular flexibility index (Phi) is 5.06. The fourth-order valence-electron chi connectivity index (χ4n) is 2.94. The summed E-state index contributed by atoms with van der Waals surface area (Å²) in [6, 6.07) is 8.20. The Morgan fingerprint density at radius 3 is 2.59 bits per heavy atom. The fourth-order valence-corrected chi connectivity index (χ4v) is 2.94. The van der Waals surface area contributed by atoms with E-state index in [1.165, 1.54) is 25.7 Å². The number of hydrogen-bond acceptors (Lipinski definition) is 5. The zero-order valence-corrected chi connectivity index (χ0v) is 13.0. The van der Waals surface area contributed by atoms with Crippen molar-refractivity contribution >= 4 is 22.7 Å². The lowest BCUT2D eigenvalue weighted by Gasteiger charge is -2.23. The van der Waals surface area contributed by atoms with Gasteiger partial charge in [0.05, 0.1) is 5.52 Å². The molecule has 0 bridgehead atoms. The van der Waals surface area contributed by atoms with Gasteiger partial charge in [0.2, 0.25) is 5.95 Å². The summed E-state index contributed by atoms with van der Waals surface area (Å²) in [6.45, 7) is 3.00. The van der Waals surface area contributed by atoms with Crippen LogP contribution in [0, 0.1) is 0 Å². The third-order valence-electron chi connectivity index (χ3n) is 4.11. The molecule has 0 saturated carbocycles. The van der Waals surface area contributed by atoms with Crippen molar-refractivity contribution in [2.24, 2.45) is 0 Å². The van der Waals surface area contributed by atoms with E-state index in [1.54, 1.807) is 0 Å². The van der Waals surface area contributed by atoms with Gasteiger partial charge < -0.3 is 15.3 Å². The van der Waals surface area contributed by atoms with Crippen molar-refractivity contribution in [3.8, 4) is 0 Å². The van der Waals surface area contributed by atoms with Crippen LogP contribution in [0.1, 0.15) is 32.1 Å². The molecule has 1 aromatic heterocycles. The molecule has 1 saturated heterocycles. The molecule has 5 nitrogen and oxygen atoms in total. The van der Waals surface area contributed by atoms with Crippen molar-refractivity contribution in [1.29, 1.82) is 0 Å². The molecule has 0 unspecified atom stereocenters. The van der Waals surface area contributed by atoms with Gasteiger partial charge in [-0.2, -0.15) is 4.98 Å². The van der Waals surface area contributed by atoms with E-state index in [-0.39, 0.29) is 6.61 Å². The van der Waals surface area contributed by atoms with Crippen LogP contribution in [0.2, 0.25) is 0 Å². The summed E-state index contributed by atoms with van der Waals surface area (Å²) >= 11 is 0. The van der Waals surface area contributed by atoms with Crippen molar-refractivity contribution in [3.05, 3.63) is 24.3 Å². The quantitative estimate of drug-likeness (QED) is 0.832. The summed E-state index contributed by atoms with van der Waals surface area (Å²) in [5, 5.41) is 13.3. The number of rotatable bonds is 5. The third-order valence-corrected chi connectivity index (χ3v) is 4.11. The van der Waals surface area contributed by atoms with E-state index in [4.69, 9.17) is 10.1 Å². The van der Waals surface area contributed by atoms with Gasteiger partial charge in [-0.25, -0.2) is 4.98 Å². The van der Waals surface area contributed by atoms with Crippen LogP contribution in [-0.2, 0) is 0 Å². The van der Waals surface area contributed by atoms with E-state index in [1.807, 2.05) is 18.2 Å². The Hall–Kier alpha value is -1.88. The molecule has 2 heterocycles. The zero-order chi connectivity index (χ0) is 15.2. The van der Waals surface area contributed by atoms with Crippen LogP contribution in [-0.4, -0.2) is 41.3 Å². The maximum absolute atomic E-state index is 8.92. The summed E-state index contributed by atoms with van der Waals surface area (Å²) in [5.74, 6) is 1.70. The highest BCUT2D eigenvalue weighted by molar-refractivity contribution is 5.90. The minimum absolute atomic E-state index is 0.180. The van der Waals surface area contributed by atoms with Crippen molar-refractivity contribution in [3.63, 3.8) is 0 Å². The molecule has 2 N–H and O–H groups in total. The van der Waals surface area contributed by atoms with Gasteiger partial charge in [-0.1, -0.05) is 25.0 Å². The van der Waals surface area contributed by atoms with Crippen LogP contribution in [0.25, 0.3) is 10.9 Å². The molecule has 0 spiro atoms. The lowest BCUT2D eigenvalue weighted by Crippen LogP contribution is -2.25. The topological polar surface area (TPSA) is 61.3 Å². The average molecular weight is 300 g/mol. The zero-order valence-electron chi connectivity index (χ0n) is 13.0. The van der Waals surface area contributed by atoms with Crippen molar-refractivity contribution in [2.75, 3.05) is 36.5 Å². The number of nitrogens with zero attached hydrogens (tertiary/aromatic N) is 3. The molecule has 1 aliphatic heterocycles. The molecule has 0 amide bonds. The van der Waals surface area contributed by atoms with Crippen molar-refractivity contribution in [2.45, 2.75) is 32.1 Å². The van der Waals surface area contributed by atoms with Crippen LogP contribution >= 0.6 is 0 Å². The summed E-state index contributed by atoms with van der Waals surface area (Å²) in [7, 11) is 0. The highest BCUT2D eigenvalue weighted by Crippen LogP contribution is 2.27. The first-order valence-corrected chi connectivity index (χ1v) is 8.25. The Morgan fingerprint density at radius 1 is 1.05 bits per heavy atom. The number of benzene rings is 1. The molecule has 22 heavy (non-hydrogen) atoms. The van der Waals surface area contributed by atoms with Gasteiger partial charge in [0.15, 0.2) is 0 Å². The van der Waals surface area contributed by atoms with E-state index in [0.717, 1.165) is 29.8 Å². The molecule has 0 atom stereocenters. The van der Waals surface area contributed by atoms with Crippen molar-refractivity contribution in [1.82, 2.24) is 9.97 Å². The molecule has 0 radical (unpaired) electrons. The minimum Gasteiger partial charge on any atom is -0.396 e. The average Bonchev–Trinajstić information content (AvgIpc) is 2.83. The number of fused-ring (bicyclic) bond motifs is 1. The first-order valence-electron chi connectivity index (χ1n) is 8.25. The van der Waals surface area contributed by atoms with Crippen LogP contribution in [0.15, 0.2) is 24.3 Å². The minimum atomic E-state index is 0.180. The normalized spacial score (nSPS) is 15.8. The lowest BCUT2D eigenvalue weighted by molar-refractivity contribution is 0.292. The van der Waals surface area contributed by atoms with E-state index < -0.39 is 0 Å². The fraction of sp³-hybridized carbons (Fsp3) is 0.529. The van der Waals surface area contributed by atoms with Gasteiger partial charge in [-0.15, -0.1) is 0 Å². The maximum Gasteiger partial charge on any atom is 0.225 e. The maximum atomic E-state index is 8.92. The number of para-hydroxylation sites is 1. The standard InChI is InChI=1S/C17H24N4O/c22-13-7-10-18-17-19-15-9-4-3-8-14(15)16(20-17)21-11-5-1-2-6-12-21/h3-4,8-9,22H,1-2,5-7,10-13H2,(H,18,19,20). The number of anilines is 2. The van der Waals surface area contributed by atoms with E-state index in [0.29, 0.717) is 18.9 Å². The summed E-state index contributed by atoms with van der Waals surface area (Å²) < 4.78 is 0. The number of aliphatic hydroxyl groups is 1. The van der Waals surface area contributed by atoms with Gasteiger partial charge in [-0.05, 0) is 31.4 Å². The van der Waals surface area contributed by atoms with Crippen LogP contribution in [0.4, 0.5) is 11.8 Å². The van der Waals surface area contributed by atoms with E-state index >= 15 is 0 Å². The monoisotopic (exact) mass is 300 g/mol. The first-order chi connectivity index (χ1) is 10.9. The second kappa shape index (κ2) is 7.40. The van der Waals surface area contributed by atoms with Gasteiger partial charge in [-0.3, -0.25) is 0 Å². The summed E-state index contributed by atoms with van der Waals surface area (Å²) in [5.41, 5.74) is 0.975. The highest BCUT2D eigenvalue weighted by Gasteiger charge is 2.16. The smallest absolute Gasteiger partial charge is 0.225 e. The highest BCUT2D eigenvalue weighted by atomic mass is 16.3. The second-order valence-electron chi connectivity index (χ2n) is 5.79. The summed E-state index contributed by atoms with van der Waals surface area (Å²) in [6.07, 6.45) is 5.77. The third kappa shape index (κ3) is 3.47. The molecule has 3 rings (SSSR count). The van der Waals surface area contributed by atoms with E-state index in [9.17, 15) is 0 Å². The summed E-state index contributed by atoms with van der Waals surface area (Å²) in [4.78, 5) is 11.8.